The Labute approximate surface area is 721 Å². The van der Waals surface area contributed by atoms with Gasteiger partial charge in [0.2, 0.25) is 11.8 Å². The monoisotopic (exact) mass is 1660 g/mol. The number of benzene rings is 1. The summed E-state index contributed by atoms with van der Waals surface area (Å²) in [7, 11) is 1.37. The minimum absolute atomic E-state index is 0.0675. The van der Waals surface area contributed by atoms with Crippen molar-refractivity contribution in [3.05, 3.63) is 59.2 Å². The molecule has 0 aromatic heterocycles. The number of fused-ring (bicyclic) bond motifs is 20. The summed E-state index contributed by atoms with van der Waals surface area (Å²) >= 11 is 0. The van der Waals surface area contributed by atoms with E-state index in [2.05, 4.69) is 85.2 Å². The number of amides is 3. The number of unbranched alkanes of at least 4 members (excludes halogenated alkanes) is 1. The van der Waals surface area contributed by atoms with Gasteiger partial charge < -0.3 is 46.2 Å². The van der Waals surface area contributed by atoms with Crippen molar-refractivity contribution in [2.45, 2.75) is 375 Å². The predicted octanol–water partition coefficient (Wildman–Crippen LogP) is 18.2. The van der Waals surface area contributed by atoms with Gasteiger partial charge in [-0.3, -0.25) is 28.8 Å². The van der Waals surface area contributed by atoms with Gasteiger partial charge >= 0.3 is 5.97 Å². The Morgan fingerprint density at radius 3 is 1.88 bits per heavy atom. The van der Waals surface area contributed by atoms with Crippen molar-refractivity contribution in [1.82, 2.24) is 16.0 Å². The van der Waals surface area contributed by atoms with Gasteiger partial charge in [0.1, 0.15) is 17.4 Å². The number of hydrogen-bond donors (Lipinski definition) is 8. The molecule has 0 bridgehead atoms. The van der Waals surface area contributed by atoms with E-state index in [0.717, 1.165) is 184 Å². The molecule has 26 unspecified atom stereocenters. The van der Waals surface area contributed by atoms with E-state index in [1.165, 1.54) is 88.9 Å². The van der Waals surface area contributed by atoms with E-state index in [1.54, 1.807) is 0 Å². The SMILES string of the molecule is CC12CCC(O)C[C@H]1CCC1C2CCC2(C)C(C3=CC(=O)CC3)CCC12O.CCCCNC(=O)[C@@]1(O)CCC2C3CCC4=CC(=O)CCC4(C)C3CCC21C.CCNC(=O)C1CCC2C3CC[C@@H]4CC(=O)CCC4(C)C3CCC12C.COC(=O)C(Cc1ccccc1)NC(=O)CCC(C)C1CCC2C3C[C@H](O)[C@@H]4C[C@H](O)CCC4(C)C3CCC12C. The third-order valence-corrected chi connectivity index (χ3v) is 41.1. The first kappa shape index (κ1) is 90.2. The first-order chi connectivity index (χ1) is 57.0. The average molecular weight is 1660 g/mol. The zero-order valence-corrected chi connectivity index (χ0v) is 76.2. The van der Waals surface area contributed by atoms with Gasteiger partial charge in [0.25, 0.3) is 5.91 Å². The Balaban J connectivity index is 0.000000127. The molecule has 16 nitrogen and oxygen atoms in total. The zero-order valence-electron chi connectivity index (χ0n) is 76.2. The minimum atomic E-state index is -1.23. The van der Waals surface area contributed by atoms with Gasteiger partial charge in [0, 0.05) is 68.4 Å². The molecule has 15 saturated carbocycles. The molecular formula is C104H159N3O13. The van der Waals surface area contributed by atoms with Crippen LogP contribution in [-0.4, -0.2) is 122 Å². The second-order valence-corrected chi connectivity index (χ2v) is 45.8. The first-order valence-electron chi connectivity index (χ1n) is 49.5. The molecule has 1 aromatic carbocycles. The van der Waals surface area contributed by atoms with Gasteiger partial charge in [-0.1, -0.05) is 117 Å². The highest BCUT2D eigenvalue weighted by Crippen LogP contribution is 2.74. The van der Waals surface area contributed by atoms with Gasteiger partial charge in [-0.2, -0.15) is 0 Å². The number of aliphatic hydroxyl groups excluding tert-OH is 3. The number of aliphatic hydroxyl groups is 5. The topological polar surface area (TPSA) is 266 Å². The Morgan fingerprint density at radius 1 is 0.525 bits per heavy atom. The summed E-state index contributed by atoms with van der Waals surface area (Å²) < 4.78 is 4.98. The van der Waals surface area contributed by atoms with E-state index >= 15 is 0 Å². The molecule has 18 rings (SSSR count). The van der Waals surface area contributed by atoms with Crippen molar-refractivity contribution in [1.29, 1.82) is 0 Å². The lowest BCUT2D eigenvalue weighted by molar-refractivity contribution is -0.208. The smallest absolute Gasteiger partial charge is 0.328 e. The zero-order chi connectivity index (χ0) is 85.7. The number of ether oxygens (including phenoxy) is 1. The van der Waals surface area contributed by atoms with Crippen molar-refractivity contribution < 1.29 is 63.8 Å². The number of methoxy groups -OCH3 is 1. The number of ketones is 3. The summed E-state index contributed by atoms with van der Waals surface area (Å²) in [5.41, 5.74) is 2.90. The van der Waals surface area contributed by atoms with E-state index < -0.39 is 23.2 Å². The highest BCUT2D eigenvalue weighted by Gasteiger charge is 2.71. The Morgan fingerprint density at radius 2 is 1.15 bits per heavy atom. The molecule has 668 valence electrons. The van der Waals surface area contributed by atoms with Gasteiger partial charge in [-0.25, -0.2) is 4.79 Å². The summed E-state index contributed by atoms with van der Waals surface area (Å²) in [5, 5.41) is 64.6. The van der Waals surface area contributed by atoms with Crippen LogP contribution in [0.3, 0.4) is 0 Å². The van der Waals surface area contributed by atoms with E-state index in [-0.39, 0.29) is 80.2 Å². The van der Waals surface area contributed by atoms with Crippen LogP contribution in [0.4, 0.5) is 0 Å². The van der Waals surface area contributed by atoms with Crippen LogP contribution in [0.1, 0.15) is 339 Å². The van der Waals surface area contributed by atoms with E-state index in [9.17, 15) is 59.1 Å². The fourth-order valence-corrected chi connectivity index (χ4v) is 34.2. The van der Waals surface area contributed by atoms with Crippen LogP contribution in [0.2, 0.25) is 0 Å². The number of hydrogen-bond acceptors (Lipinski definition) is 13. The van der Waals surface area contributed by atoms with Crippen molar-refractivity contribution in [2.24, 2.45) is 150 Å². The molecule has 0 saturated heterocycles. The van der Waals surface area contributed by atoms with E-state index in [4.69, 9.17) is 4.74 Å². The van der Waals surface area contributed by atoms with Gasteiger partial charge in [-0.15, -0.1) is 0 Å². The number of Topliss-reactive ketones (excluding diaryl/α,β-unsaturated/α-hetero) is 1. The summed E-state index contributed by atoms with van der Waals surface area (Å²) in [4.78, 5) is 86.8. The summed E-state index contributed by atoms with van der Waals surface area (Å²) in [6.07, 6.45) is 43.7. The van der Waals surface area contributed by atoms with Crippen molar-refractivity contribution in [3.63, 3.8) is 0 Å². The fourth-order valence-electron chi connectivity index (χ4n) is 34.2. The molecule has 15 fully saturated rings. The van der Waals surface area contributed by atoms with E-state index in [1.807, 2.05) is 49.4 Å². The largest absolute Gasteiger partial charge is 0.467 e. The highest BCUT2D eigenvalue weighted by molar-refractivity contribution is 5.93. The van der Waals surface area contributed by atoms with Crippen LogP contribution in [0.25, 0.3) is 0 Å². The number of nitrogens with one attached hydrogen (secondary N) is 3. The van der Waals surface area contributed by atoms with Crippen LogP contribution in [0.15, 0.2) is 53.6 Å². The van der Waals surface area contributed by atoms with Crippen LogP contribution in [0.5, 0.6) is 0 Å². The van der Waals surface area contributed by atoms with Crippen molar-refractivity contribution in [3.8, 4) is 0 Å². The number of allylic oxidation sites excluding steroid dienone is 3. The predicted molar refractivity (Wildman–Crippen MR) is 469 cm³/mol. The second kappa shape index (κ2) is 34.9. The molecule has 0 radical (unpaired) electrons. The molecule has 16 heteroatoms. The average Bonchev–Trinajstić information content (AvgIpc) is 1.49. The molecule has 17 aliphatic carbocycles. The Bertz CT molecular complexity index is 3990. The van der Waals surface area contributed by atoms with Crippen LogP contribution in [0, 0.1) is 150 Å². The van der Waals surface area contributed by atoms with Crippen LogP contribution in [-0.2, 0) is 44.7 Å². The Hall–Kier alpha value is -4.61. The maximum atomic E-state index is 13.0. The minimum Gasteiger partial charge on any atom is -0.467 e. The van der Waals surface area contributed by atoms with Crippen molar-refractivity contribution in [2.75, 3.05) is 20.2 Å². The second-order valence-electron chi connectivity index (χ2n) is 45.8. The first-order valence-corrected chi connectivity index (χ1v) is 49.5. The van der Waals surface area contributed by atoms with Gasteiger partial charge in [0.05, 0.1) is 31.0 Å². The number of rotatable bonds is 15. The number of carbonyl (C=O) groups is 7. The number of esters is 1. The third-order valence-electron chi connectivity index (χ3n) is 41.1. The molecule has 0 spiro atoms. The molecule has 120 heavy (non-hydrogen) atoms. The van der Waals surface area contributed by atoms with Gasteiger partial charge in [0.15, 0.2) is 11.6 Å². The van der Waals surface area contributed by atoms with Crippen LogP contribution < -0.4 is 16.0 Å². The highest BCUT2D eigenvalue weighted by atomic mass is 16.5. The summed E-state index contributed by atoms with van der Waals surface area (Å²) in [5.74, 6) is 10.5. The molecule has 0 aliphatic heterocycles. The number of carbonyl (C=O) groups excluding carboxylic acids is 7. The quantitative estimate of drug-likeness (QED) is 0.0601. The fraction of sp³-hybridized carbons (Fsp3) is 0.837. The maximum Gasteiger partial charge on any atom is 0.328 e. The third kappa shape index (κ3) is 15.7. The standard InChI is InChI=1S/C34H51NO5.C24H37NO3.C24H36O3.C22H35NO2/c1-21(10-13-31(38)35-29(32(39)40-4)18-22-8-6-5-7-9-22)25-11-12-26-24-20-30(37)28-19-23(36)14-16-34(28,3)27(24)15-17-33(25,26)2;1-4-5-14-25-21(27)24(28)13-10-20-18-7-6-16-15-17(26)8-11-22(16,2)19(18)9-12-23(20,24)3;1-22-10-7-18(26)14-16(22)4-6-21-20(22)8-11-23(2)19(9-12-24(21,23)27)15-3-5-17(25)13-15;1-4-23-20(25)19-8-7-17-16-6-5-14-13-15(24)9-11-21(14,2)18(16)10-12-22(17,19)3/h5-9,21,23-30,36-37H,10-20H2,1-4H3,(H,35,38);15,18-20,28H,4-14H2,1-3H3,(H,25,27);13,16,18-21,26-27H,3-12,14H2,1-2H3;14,16-19H,4-13H2,1-3H3,(H,23,25)/t21?,23-,24?,25?,26?,27?,28+,29?,30+,33?,34?;18?,19?,20?,22?,23?,24-;16-,18?,19?,20?,21?,22?,23?,24?;14-,16?,17?,18?,19?,21?,22?/m1011/s1. The summed E-state index contributed by atoms with van der Waals surface area (Å²) in [6, 6.07) is 9.04. The molecule has 3 amide bonds. The normalized spacial score (nSPS) is 46.5. The Kier molecular flexibility index (Phi) is 26.2. The summed E-state index contributed by atoms with van der Waals surface area (Å²) in [6.45, 7) is 27.0. The molecule has 0 heterocycles. The molecule has 1 aromatic rings. The molecule has 17 aliphatic rings. The lowest BCUT2D eigenvalue weighted by Gasteiger charge is -2.63. The molecule has 8 N–H and O–H groups in total. The van der Waals surface area contributed by atoms with Gasteiger partial charge in [-0.05, 0) is 376 Å². The molecular weight excluding hydrogens is 1500 g/mol. The molecule has 32 atom stereocenters. The van der Waals surface area contributed by atoms with E-state index in [0.29, 0.717) is 150 Å². The van der Waals surface area contributed by atoms with Crippen molar-refractivity contribution >= 4 is 41.0 Å². The maximum absolute atomic E-state index is 13.0. The lowest BCUT2D eigenvalue weighted by Crippen LogP contribution is -2.62. The lowest BCUT2D eigenvalue weighted by atomic mass is 9.43. The van der Waals surface area contributed by atoms with Crippen LogP contribution >= 0.6 is 0 Å².